The van der Waals surface area contributed by atoms with Gasteiger partial charge in [0.05, 0.1) is 0 Å². The monoisotopic (exact) mass is 406 g/mol. The van der Waals surface area contributed by atoms with Crippen LogP contribution in [0.3, 0.4) is 0 Å². The van der Waals surface area contributed by atoms with Crippen molar-refractivity contribution in [1.82, 2.24) is 20.2 Å². The molecular formula is C24H30N4O2. The number of nitrogens with zero attached hydrogens (tertiary/aromatic N) is 3. The van der Waals surface area contributed by atoms with Gasteiger partial charge in [-0.2, -0.15) is 0 Å². The Hall–Kier alpha value is -2.76. The summed E-state index contributed by atoms with van der Waals surface area (Å²) in [5.74, 6) is 0.877. The molecular weight excluding hydrogens is 376 g/mol. The van der Waals surface area contributed by atoms with E-state index in [0.29, 0.717) is 24.6 Å². The van der Waals surface area contributed by atoms with Crippen molar-refractivity contribution in [2.24, 2.45) is 11.8 Å². The van der Waals surface area contributed by atoms with Crippen LogP contribution in [0.1, 0.15) is 55.3 Å². The maximum Gasteiger partial charge on any atom is 0.253 e. The molecule has 1 N–H and O–H groups in total. The summed E-state index contributed by atoms with van der Waals surface area (Å²) in [6, 6.07) is 7.57. The average molecular weight is 407 g/mol. The van der Waals surface area contributed by atoms with Crippen LogP contribution in [0.4, 0.5) is 0 Å². The molecule has 0 radical (unpaired) electrons. The fourth-order valence-corrected chi connectivity index (χ4v) is 4.56. The van der Waals surface area contributed by atoms with Gasteiger partial charge in [0, 0.05) is 49.1 Å². The first-order valence-corrected chi connectivity index (χ1v) is 11.1. The number of carbonyl (C=O) groups excluding carboxylic acids is 2. The van der Waals surface area contributed by atoms with E-state index in [1.165, 1.54) is 38.4 Å². The molecule has 2 aromatic rings. The number of carbonyl (C=O) groups is 2. The minimum Gasteiger partial charge on any atom is -0.356 e. The van der Waals surface area contributed by atoms with Gasteiger partial charge in [0.25, 0.3) is 5.91 Å². The van der Waals surface area contributed by atoms with Crippen molar-refractivity contribution in [3.8, 4) is 11.1 Å². The van der Waals surface area contributed by atoms with Crippen molar-refractivity contribution in [3.05, 3.63) is 48.5 Å². The number of piperidine rings is 1. The normalized spacial score (nSPS) is 18.2. The Kier molecular flexibility index (Phi) is 6.72. The standard InChI is InChI=1S/C24H30N4O2/c29-23(27-14-18-4-2-1-3-5-18)20-10-12-28(13-11-20)24(30)21-8-6-19(7-9-21)22-15-25-17-26-16-22/h6-9,15-18,20H,1-5,10-14H2,(H,27,29). The smallest absolute Gasteiger partial charge is 0.253 e. The van der Waals surface area contributed by atoms with Gasteiger partial charge < -0.3 is 10.2 Å². The number of aromatic nitrogens is 2. The number of likely N-dealkylation sites (tertiary alicyclic amines) is 1. The second-order valence-electron chi connectivity index (χ2n) is 8.52. The lowest BCUT2D eigenvalue weighted by Gasteiger charge is -2.32. The molecule has 1 aliphatic heterocycles. The molecule has 30 heavy (non-hydrogen) atoms. The van der Waals surface area contributed by atoms with Crippen molar-refractivity contribution in [2.75, 3.05) is 19.6 Å². The first-order valence-electron chi connectivity index (χ1n) is 11.1. The molecule has 2 amide bonds. The fraction of sp³-hybridized carbons (Fsp3) is 0.500. The number of hydrogen-bond donors (Lipinski definition) is 1. The predicted octanol–water partition coefficient (Wildman–Crippen LogP) is 3.69. The second kappa shape index (κ2) is 9.83. The van der Waals surface area contributed by atoms with Crippen LogP contribution < -0.4 is 5.32 Å². The van der Waals surface area contributed by atoms with Gasteiger partial charge in [0.1, 0.15) is 6.33 Å². The molecule has 1 saturated heterocycles. The molecule has 1 aromatic carbocycles. The Bertz CT molecular complexity index is 839. The Morgan fingerprint density at radius 1 is 0.900 bits per heavy atom. The van der Waals surface area contributed by atoms with Crippen molar-refractivity contribution in [1.29, 1.82) is 0 Å². The summed E-state index contributed by atoms with van der Waals surface area (Å²) in [6.45, 7) is 2.08. The van der Waals surface area contributed by atoms with E-state index in [2.05, 4.69) is 15.3 Å². The third-order valence-corrected chi connectivity index (χ3v) is 6.47. The zero-order chi connectivity index (χ0) is 20.8. The van der Waals surface area contributed by atoms with Crippen LogP contribution >= 0.6 is 0 Å². The number of benzene rings is 1. The van der Waals surface area contributed by atoms with E-state index < -0.39 is 0 Å². The van der Waals surface area contributed by atoms with Crippen LogP contribution in [0.5, 0.6) is 0 Å². The molecule has 6 nitrogen and oxygen atoms in total. The van der Waals surface area contributed by atoms with Crippen LogP contribution in [-0.2, 0) is 4.79 Å². The van der Waals surface area contributed by atoms with E-state index in [1.54, 1.807) is 12.4 Å². The highest BCUT2D eigenvalue weighted by Crippen LogP contribution is 2.24. The molecule has 6 heteroatoms. The third-order valence-electron chi connectivity index (χ3n) is 6.47. The second-order valence-corrected chi connectivity index (χ2v) is 8.52. The van der Waals surface area contributed by atoms with E-state index >= 15 is 0 Å². The lowest BCUT2D eigenvalue weighted by atomic mass is 9.89. The summed E-state index contributed by atoms with van der Waals surface area (Å²) in [6.07, 6.45) is 12.9. The first-order chi connectivity index (χ1) is 14.7. The van der Waals surface area contributed by atoms with Crippen LogP contribution in [0.15, 0.2) is 43.0 Å². The third kappa shape index (κ3) is 5.04. The molecule has 2 fully saturated rings. The van der Waals surface area contributed by atoms with Gasteiger partial charge in [-0.1, -0.05) is 31.4 Å². The highest BCUT2D eigenvalue weighted by molar-refractivity contribution is 5.95. The van der Waals surface area contributed by atoms with Crippen molar-refractivity contribution in [3.63, 3.8) is 0 Å². The molecule has 0 atom stereocenters. The Labute approximate surface area is 178 Å². The topological polar surface area (TPSA) is 75.2 Å². The van der Waals surface area contributed by atoms with Gasteiger partial charge in [-0.15, -0.1) is 0 Å². The van der Waals surface area contributed by atoms with Gasteiger partial charge in [-0.05, 0) is 49.3 Å². The van der Waals surface area contributed by atoms with Crippen LogP contribution in [0.25, 0.3) is 11.1 Å². The molecule has 2 heterocycles. The minimum atomic E-state index is 0.0260. The largest absolute Gasteiger partial charge is 0.356 e. The Balaban J connectivity index is 1.26. The summed E-state index contributed by atoms with van der Waals surface area (Å²) >= 11 is 0. The van der Waals surface area contributed by atoms with Gasteiger partial charge in [0.2, 0.25) is 5.91 Å². The zero-order valence-corrected chi connectivity index (χ0v) is 17.4. The Morgan fingerprint density at radius 3 is 2.23 bits per heavy atom. The van der Waals surface area contributed by atoms with Gasteiger partial charge in [-0.3, -0.25) is 9.59 Å². The molecule has 1 saturated carbocycles. The van der Waals surface area contributed by atoms with Gasteiger partial charge >= 0.3 is 0 Å². The predicted molar refractivity (Wildman–Crippen MR) is 116 cm³/mol. The van der Waals surface area contributed by atoms with Crippen molar-refractivity contribution < 1.29 is 9.59 Å². The number of rotatable bonds is 5. The molecule has 0 spiro atoms. The number of hydrogen-bond acceptors (Lipinski definition) is 4. The maximum absolute atomic E-state index is 12.9. The van der Waals surface area contributed by atoms with Gasteiger partial charge in [0.15, 0.2) is 0 Å². The molecule has 1 aliphatic carbocycles. The van der Waals surface area contributed by atoms with E-state index in [-0.39, 0.29) is 17.7 Å². The van der Waals surface area contributed by atoms with E-state index in [1.807, 2.05) is 29.2 Å². The highest BCUT2D eigenvalue weighted by atomic mass is 16.2. The van der Waals surface area contributed by atoms with Crippen molar-refractivity contribution in [2.45, 2.75) is 44.9 Å². The maximum atomic E-state index is 12.9. The Morgan fingerprint density at radius 2 is 1.57 bits per heavy atom. The summed E-state index contributed by atoms with van der Waals surface area (Å²) in [7, 11) is 0. The SMILES string of the molecule is O=C(NCC1CCCCC1)C1CCN(C(=O)c2ccc(-c3cncnc3)cc2)CC1. The molecule has 1 aromatic heterocycles. The number of amides is 2. The zero-order valence-electron chi connectivity index (χ0n) is 17.4. The molecule has 158 valence electrons. The van der Waals surface area contributed by atoms with E-state index in [0.717, 1.165) is 30.5 Å². The number of nitrogens with one attached hydrogen (secondary N) is 1. The van der Waals surface area contributed by atoms with Crippen molar-refractivity contribution >= 4 is 11.8 Å². The van der Waals surface area contributed by atoms with Crippen LogP contribution in [0.2, 0.25) is 0 Å². The molecule has 0 bridgehead atoms. The molecule has 0 unspecified atom stereocenters. The quantitative estimate of drug-likeness (QED) is 0.822. The van der Waals surface area contributed by atoms with E-state index in [9.17, 15) is 9.59 Å². The average Bonchev–Trinajstić information content (AvgIpc) is 2.83. The highest BCUT2D eigenvalue weighted by Gasteiger charge is 2.28. The fourth-order valence-electron chi connectivity index (χ4n) is 4.56. The molecule has 4 rings (SSSR count). The van der Waals surface area contributed by atoms with Gasteiger partial charge in [-0.25, -0.2) is 9.97 Å². The first kappa shape index (κ1) is 20.5. The summed E-state index contributed by atoms with van der Waals surface area (Å²) < 4.78 is 0. The minimum absolute atomic E-state index is 0.0260. The molecule has 2 aliphatic rings. The van der Waals surface area contributed by atoms with Crippen LogP contribution in [0, 0.1) is 11.8 Å². The summed E-state index contributed by atoms with van der Waals surface area (Å²) in [5, 5.41) is 3.17. The van der Waals surface area contributed by atoms with Crippen LogP contribution in [-0.4, -0.2) is 46.3 Å². The lowest BCUT2D eigenvalue weighted by molar-refractivity contribution is -0.126. The van der Waals surface area contributed by atoms with E-state index in [4.69, 9.17) is 0 Å². The summed E-state index contributed by atoms with van der Waals surface area (Å²) in [4.78, 5) is 35.3. The lowest BCUT2D eigenvalue weighted by Crippen LogP contribution is -2.43. The summed E-state index contributed by atoms with van der Waals surface area (Å²) in [5.41, 5.74) is 2.59.